The first-order chi connectivity index (χ1) is 8.24. The predicted octanol–water partition coefficient (Wildman–Crippen LogP) is 2.00. The van der Waals surface area contributed by atoms with E-state index in [1.807, 2.05) is 43.3 Å². The van der Waals surface area contributed by atoms with Crippen molar-refractivity contribution in [3.05, 3.63) is 58.5 Å². The van der Waals surface area contributed by atoms with Gasteiger partial charge in [0.2, 0.25) is 0 Å². The van der Waals surface area contributed by atoms with Crippen molar-refractivity contribution < 1.29 is 0 Å². The van der Waals surface area contributed by atoms with Gasteiger partial charge in [-0.05, 0) is 6.92 Å². The molecule has 0 fully saturated rings. The zero-order valence-corrected chi connectivity index (χ0v) is 9.34. The van der Waals surface area contributed by atoms with Crippen LogP contribution in [0.5, 0.6) is 0 Å². The van der Waals surface area contributed by atoms with Crippen LogP contribution in [0.4, 0.5) is 0 Å². The lowest BCUT2D eigenvalue weighted by Gasteiger charge is -2.00. The summed E-state index contributed by atoms with van der Waals surface area (Å²) in [6, 6.07) is 13.1. The number of fused-ring (bicyclic) bond motifs is 1. The van der Waals surface area contributed by atoms with Crippen LogP contribution in [0.15, 0.2) is 47.3 Å². The van der Waals surface area contributed by atoms with Gasteiger partial charge in [0.25, 0.3) is 5.56 Å². The Morgan fingerprint density at radius 2 is 1.94 bits per heavy atom. The van der Waals surface area contributed by atoms with Crippen molar-refractivity contribution in [1.29, 1.82) is 0 Å². The molecule has 0 spiro atoms. The number of aromatic nitrogens is 3. The SMILES string of the molecule is Cc1cc2nc(-c3ccccc3)cc(=O)n2[nH]1. The molecular formula is C13H11N3O. The highest BCUT2D eigenvalue weighted by atomic mass is 16.1. The molecule has 0 saturated heterocycles. The average molecular weight is 225 g/mol. The lowest BCUT2D eigenvalue weighted by atomic mass is 10.1. The van der Waals surface area contributed by atoms with Crippen LogP contribution < -0.4 is 5.56 Å². The number of hydrogen-bond donors (Lipinski definition) is 1. The quantitative estimate of drug-likeness (QED) is 0.688. The third kappa shape index (κ3) is 1.63. The Morgan fingerprint density at radius 1 is 1.18 bits per heavy atom. The summed E-state index contributed by atoms with van der Waals surface area (Å²) in [5, 5.41) is 2.95. The van der Waals surface area contributed by atoms with Gasteiger partial charge in [-0.1, -0.05) is 30.3 Å². The molecule has 0 amide bonds. The molecule has 3 rings (SSSR count). The summed E-state index contributed by atoms with van der Waals surface area (Å²) in [6.45, 7) is 1.90. The van der Waals surface area contributed by atoms with Gasteiger partial charge >= 0.3 is 0 Å². The van der Waals surface area contributed by atoms with E-state index >= 15 is 0 Å². The van der Waals surface area contributed by atoms with Crippen molar-refractivity contribution in [1.82, 2.24) is 14.6 Å². The van der Waals surface area contributed by atoms with E-state index < -0.39 is 0 Å². The molecule has 0 aliphatic heterocycles. The predicted molar refractivity (Wildman–Crippen MR) is 66.0 cm³/mol. The van der Waals surface area contributed by atoms with E-state index in [0.29, 0.717) is 11.3 Å². The van der Waals surface area contributed by atoms with E-state index in [-0.39, 0.29) is 5.56 Å². The minimum atomic E-state index is -0.0954. The van der Waals surface area contributed by atoms with E-state index in [2.05, 4.69) is 10.1 Å². The fraction of sp³-hybridized carbons (Fsp3) is 0.0769. The molecule has 0 bridgehead atoms. The van der Waals surface area contributed by atoms with Gasteiger partial charge in [-0.2, -0.15) is 0 Å². The van der Waals surface area contributed by atoms with Crippen LogP contribution in [0.2, 0.25) is 0 Å². The van der Waals surface area contributed by atoms with Gasteiger partial charge in [0, 0.05) is 23.4 Å². The number of nitrogens with one attached hydrogen (secondary N) is 1. The molecule has 3 aromatic rings. The Bertz CT molecular complexity index is 725. The zero-order chi connectivity index (χ0) is 11.8. The molecule has 0 aliphatic rings. The summed E-state index contributed by atoms with van der Waals surface area (Å²) in [7, 11) is 0. The van der Waals surface area contributed by atoms with Crippen molar-refractivity contribution in [2.45, 2.75) is 6.92 Å². The topological polar surface area (TPSA) is 50.2 Å². The number of H-pyrrole nitrogens is 1. The number of aromatic amines is 1. The lowest BCUT2D eigenvalue weighted by Crippen LogP contribution is -2.14. The normalized spacial score (nSPS) is 10.9. The van der Waals surface area contributed by atoms with Crippen LogP contribution in [0.3, 0.4) is 0 Å². The number of aryl methyl sites for hydroxylation is 1. The first-order valence-electron chi connectivity index (χ1n) is 5.39. The summed E-state index contributed by atoms with van der Waals surface area (Å²) in [4.78, 5) is 16.3. The second-order valence-electron chi connectivity index (χ2n) is 3.98. The Hall–Kier alpha value is -2.36. The maximum Gasteiger partial charge on any atom is 0.273 e. The summed E-state index contributed by atoms with van der Waals surface area (Å²) >= 11 is 0. The molecule has 0 atom stereocenters. The number of rotatable bonds is 1. The summed E-state index contributed by atoms with van der Waals surface area (Å²) in [6.07, 6.45) is 0. The molecule has 4 nitrogen and oxygen atoms in total. The third-order valence-corrected chi connectivity index (χ3v) is 2.65. The Balaban J connectivity index is 2.29. The second kappa shape index (κ2) is 3.59. The van der Waals surface area contributed by atoms with Crippen molar-refractivity contribution >= 4 is 5.65 Å². The zero-order valence-electron chi connectivity index (χ0n) is 9.34. The summed E-state index contributed by atoms with van der Waals surface area (Å²) < 4.78 is 1.45. The summed E-state index contributed by atoms with van der Waals surface area (Å²) in [5.74, 6) is 0. The molecule has 1 aromatic carbocycles. The maximum absolute atomic E-state index is 11.9. The van der Waals surface area contributed by atoms with Crippen LogP contribution >= 0.6 is 0 Å². The smallest absolute Gasteiger partial charge is 0.273 e. The third-order valence-electron chi connectivity index (χ3n) is 2.65. The van der Waals surface area contributed by atoms with E-state index in [9.17, 15) is 4.79 Å². The second-order valence-corrected chi connectivity index (χ2v) is 3.98. The highest BCUT2D eigenvalue weighted by molar-refractivity contribution is 5.61. The first-order valence-corrected chi connectivity index (χ1v) is 5.39. The average Bonchev–Trinajstić information content (AvgIpc) is 2.71. The van der Waals surface area contributed by atoms with E-state index in [1.54, 1.807) is 0 Å². The molecule has 2 aromatic heterocycles. The van der Waals surface area contributed by atoms with E-state index in [4.69, 9.17) is 0 Å². The largest absolute Gasteiger partial charge is 0.294 e. The maximum atomic E-state index is 11.9. The Labute approximate surface area is 97.5 Å². The molecule has 4 heteroatoms. The highest BCUT2D eigenvalue weighted by Gasteiger charge is 2.05. The van der Waals surface area contributed by atoms with Gasteiger partial charge in [-0.25, -0.2) is 9.50 Å². The fourth-order valence-corrected chi connectivity index (χ4v) is 1.87. The van der Waals surface area contributed by atoms with Gasteiger partial charge in [0.1, 0.15) is 0 Å². The van der Waals surface area contributed by atoms with Crippen LogP contribution in [-0.2, 0) is 0 Å². The summed E-state index contributed by atoms with van der Waals surface area (Å²) in [5.41, 5.74) is 3.12. The van der Waals surface area contributed by atoms with Crippen LogP contribution in [-0.4, -0.2) is 14.6 Å². The van der Waals surface area contributed by atoms with Crippen molar-refractivity contribution in [3.63, 3.8) is 0 Å². The molecule has 17 heavy (non-hydrogen) atoms. The number of nitrogens with zero attached hydrogens (tertiary/aromatic N) is 2. The van der Waals surface area contributed by atoms with Gasteiger partial charge in [-0.15, -0.1) is 0 Å². The van der Waals surface area contributed by atoms with Gasteiger partial charge in [0.05, 0.1) is 5.69 Å². The Morgan fingerprint density at radius 3 is 2.71 bits per heavy atom. The lowest BCUT2D eigenvalue weighted by molar-refractivity contribution is 0.882. The first kappa shape index (κ1) is 9.84. The van der Waals surface area contributed by atoms with E-state index in [1.165, 1.54) is 10.6 Å². The molecule has 84 valence electrons. The van der Waals surface area contributed by atoms with Crippen LogP contribution in [0.25, 0.3) is 16.9 Å². The molecule has 1 N–H and O–H groups in total. The molecule has 0 aliphatic carbocycles. The Kier molecular flexibility index (Phi) is 2.08. The van der Waals surface area contributed by atoms with Crippen molar-refractivity contribution in [3.8, 4) is 11.3 Å². The van der Waals surface area contributed by atoms with E-state index in [0.717, 1.165) is 11.3 Å². The molecule has 2 heterocycles. The minimum absolute atomic E-state index is 0.0954. The van der Waals surface area contributed by atoms with Crippen LogP contribution in [0, 0.1) is 6.92 Å². The number of hydrogen-bond acceptors (Lipinski definition) is 2. The number of benzene rings is 1. The minimum Gasteiger partial charge on any atom is -0.294 e. The monoisotopic (exact) mass is 225 g/mol. The van der Waals surface area contributed by atoms with Crippen molar-refractivity contribution in [2.24, 2.45) is 0 Å². The van der Waals surface area contributed by atoms with Gasteiger partial charge < -0.3 is 0 Å². The standard InChI is InChI=1S/C13H11N3O/c1-9-7-12-14-11(8-13(17)16(12)15-9)10-5-3-2-4-6-10/h2-8,15H,1H3. The van der Waals surface area contributed by atoms with Crippen molar-refractivity contribution in [2.75, 3.05) is 0 Å². The molecule has 0 radical (unpaired) electrons. The molecular weight excluding hydrogens is 214 g/mol. The van der Waals surface area contributed by atoms with Gasteiger partial charge in [0.15, 0.2) is 5.65 Å². The molecule has 0 unspecified atom stereocenters. The highest BCUT2D eigenvalue weighted by Crippen LogP contribution is 2.15. The molecule has 0 saturated carbocycles. The fourth-order valence-electron chi connectivity index (χ4n) is 1.87. The van der Waals surface area contributed by atoms with Gasteiger partial charge in [-0.3, -0.25) is 9.89 Å². The van der Waals surface area contributed by atoms with Crippen LogP contribution in [0.1, 0.15) is 5.69 Å².